The highest BCUT2D eigenvalue weighted by atomic mass is 32.2. The number of nitrogens with one attached hydrogen (secondary N) is 1. The van der Waals surface area contributed by atoms with Gasteiger partial charge in [-0.2, -0.15) is 0 Å². The molecule has 3 aromatic rings. The molecule has 0 spiro atoms. The molecule has 0 unspecified atom stereocenters. The molecule has 2 heterocycles. The van der Waals surface area contributed by atoms with E-state index in [9.17, 15) is 8.42 Å². The van der Waals surface area contributed by atoms with Gasteiger partial charge in [0.25, 0.3) is 10.0 Å². The lowest BCUT2D eigenvalue weighted by Crippen LogP contribution is -2.14. The molecule has 0 aliphatic carbocycles. The Labute approximate surface area is 120 Å². The van der Waals surface area contributed by atoms with Crippen molar-refractivity contribution in [2.24, 2.45) is 0 Å². The quantitative estimate of drug-likeness (QED) is 0.707. The minimum Gasteiger partial charge on any atom is -0.398 e. The first-order valence-corrected chi connectivity index (χ1v) is 7.47. The summed E-state index contributed by atoms with van der Waals surface area (Å²) in [4.78, 5) is 11.7. The van der Waals surface area contributed by atoms with E-state index in [1.54, 1.807) is 18.2 Å². The second-order valence-electron chi connectivity index (χ2n) is 4.29. The Bertz CT molecular complexity index is 897. The fraction of sp³-hybridized carbons (Fsp3) is 0. The Hall–Kier alpha value is -2.74. The van der Waals surface area contributed by atoms with Crippen molar-refractivity contribution in [3.05, 3.63) is 49.2 Å². The third kappa shape index (κ3) is 2.48. The smallest absolute Gasteiger partial charge is 0.264 e. The number of aromatic nitrogens is 3. The Kier molecular flexibility index (Phi) is 3.15. The van der Waals surface area contributed by atoms with Crippen molar-refractivity contribution in [2.45, 2.75) is 4.90 Å². The number of nitrogen functional groups attached to an aromatic ring is 1. The van der Waals surface area contributed by atoms with Gasteiger partial charge in [-0.25, -0.2) is 18.4 Å². The van der Waals surface area contributed by atoms with Gasteiger partial charge in [-0.05, 0) is 24.3 Å². The van der Waals surface area contributed by atoms with E-state index in [1.165, 1.54) is 31.0 Å². The predicted molar refractivity (Wildman–Crippen MR) is 79.0 cm³/mol. The molecule has 1 aromatic carbocycles. The highest BCUT2D eigenvalue weighted by Crippen LogP contribution is 2.26. The predicted octanol–water partition coefficient (Wildman–Crippen LogP) is 1.41. The van der Waals surface area contributed by atoms with Gasteiger partial charge in [-0.1, -0.05) is 0 Å². The van der Waals surface area contributed by atoms with Crippen molar-refractivity contribution in [3.8, 4) is 0 Å². The molecule has 0 radical (unpaired) electrons. The van der Waals surface area contributed by atoms with Gasteiger partial charge in [-0.3, -0.25) is 9.71 Å². The molecule has 0 atom stereocenters. The first kappa shape index (κ1) is 13.3. The van der Waals surface area contributed by atoms with E-state index in [4.69, 9.17) is 5.73 Å². The zero-order chi connectivity index (χ0) is 14.9. The van der Waals surface area contributed by atoms with Crippen LogP contribution in [0.5, 0.6) is 0 Å². The molecule has 2 aromatic heterocycles. The number of pyridine rings is 1. The van der Waals surface area contributed by atoms with Crippen LogP contribution in [0.4, 0.5) is 11.4 Å². The van der Waals surface area contributed by atoms with Gasteiger partial charge in [-0.15, -0.1) is 0 Å². The van der Waals surface area contributed by atoms with Crippen molar-refractivity contribution >= 4 is 32.3 Å². The zero-order valence-electron chi connectivity index (χ0n) is 10.8. The van der Waals surface area contributed by atoms with Gasteiger partial charge < -0.3 is 5.73 Å². The Morgan fingerprint density at radius 3 is 2.62 bits per heavy atom. The van der Waals surface area contributed by atoms with E-state index in [-0.39, 0.29) is 10.6 Å². The van der Waals surface area contributed by atoms with Crippen LogP contribution in [0.1, 0.15) is 0 Å². The Balaban J connectivity index is 2.14. The van der Waals surface area contributed by atoms with E-state index in [1.807, 2.05) is 0 Å². The van der Waals surface area contributed by atoms with Gasteiger partial charge in [0.2, 0.25) is 0 Å². The zero-order valence-corrected chi connectivity index (χ0v) is 11.6. The van der Waals surface area contributed by atoms with E-state index < -0.39 is 10.0 Å². The van der Waals surface area contributed by atoms with E-state index >= 15 is 0 Å². The molecule has 0 fully saturated rings. The minimum absolute atomic E-state index is 0.0520. The number of hydrogen-bond acceptors (Lipinski definition) is 6. The Morgan fingerprint density at radius 1 is 1.10 bits per heavy atom. The molecule has 7 nitrogen and oxygen atoms in total. The van der Waals surface area contributed by atoms with Crippen LogP contribution in [-0.2, 0) is 10.0 Å². The van der Waals surface area contributed by atoms with Crippen LogP contribution < -0.4 is 10.5 Å². The fourth-order valence-corrected chi connectivity index (χ4v) is 3.14. The lowest BCUT2D eigenvalue weighted by molar-refractivity contribution is 0.602. The lowest BCUT2D eigenvalue weighted by atomic mass is 10.2. The third-order valence-corrected chi connectivity index (χ3v) is 4.28. The van der Waals surface area contributed by atoms with Crippen molar-refractivity contribution in [1.82, 2.24) is 15.0 Å². The highest BCUT2D eigenvalue weighted by Gasteiger charge is 2.19. The molecule has 8 heteroatoms. The lowest BCUT2D eigenvalue weighted by Gasteiger charge is -2.10. The van der Waals surface area contributed by atoms with Crippen LogP contribution in [0.15, 0.2) is 54.1 Å². The number of fused-ring (bicyclic) bond motifs is 1. The molecule has 3 N–H and O–H groups in total. The summed E-state index contributed by atoms with van der Waals surface area (Å²) in [5, 5.41) is 0.588. The summed E-state index contributed by atoms with van der Waals surface area (Å²) in [6.45, 7) is 0. The van der Waals surface area contributed by atoms with E-state index in [0.717, 1.165) is 0 Å². The Morgan fingerprint density at radius 2 is 1.86 bits per heavy atom. The number of rotatable bonds is 3. The molecular formula is C13H11N5O2S. The largest absolute Gasteiger partial charge is 0.398 e. The number of nitrogens with two attached hydrogens (primary N) is 1. The number of sulfonamides is 1. The topological polar surface area (TPSA) is 111 Å². The fourth-order valence-electron chi connectivity index (χ4n) is 1.95. The first-order chi connectivity index (χ1) is 10.1. The summed E-state index contributed by atoms with van der Waals surface area (Å²) in [6.07, 6.45) is 5.58. The molecule has 0 saturated carbocycles. The normalized spacial score (nSPS) is 11.4. The van der Waals surface area contributed by atoms with Gasteiger partial charge in [0.15, 0.2) is 0 Å². The van der Waals surface area contributed by atoms with Crippen LogP contribution in [0, 0.1) is 0 Å². The second-order valence-corrected chi connectivity index (χ2v) is 5.94. The summed E-state index contributed by atoms with van der Waals surface area (Å²) in [7, 11) is -3.80. The second kappa shape index (κ2) is 4.98. The molecular weight excluding hydrogens is 290 g/mol. The standard InChI is InChI=1S/C13H11N5O2S/c14-11-3-4-12(13-10(11)2-1-5-17-13)21(19,20)18-9-6-15-8-16-7-9/h1-8,18H,14H2. The average molecular weight is 301 g/mol. The maximum Gasteiger partial charge on any atom is 0.264 e. The molecule has 0 amide bonds. The number of anilines is 2. The van der Waals surface area contributed by atoms with Crippen LogP contribution in [-0.4, -0.2) is 23.4 Å². The van der Waals surface area contributed by atoms with E-state index in [2.05, 4.69) is 19.7 Å². The van der Waals surface area contributed by atoms with Gasteiger partial charge in [0.1, 0.15) is 11.2 Å². The van der Waals surface area contributed by atoms with Crippen molar-refractivity contribution in [1.29, 1.82) is 0 Å². The maximum atomic E-state index is 12.5. The van der Waals surface area contributed by atoms with Crippen LogP contribution in [0.3, 0.4) is 0 Å². The summed E-state index contributed by atoms with van der Waals surface area (Å²) in [5.41, 5.74) is 6.92. The summed E-state index contributed by atoms with van der Waals surface area (Å²) in [6, 6.07) is 6.40. The first-order valence-electron chi connectivity index (χ1n) is 5.99. The third-order valence-electron chi connectivity index (χ3n) is 2.87. The highest BCUT2D eigenvalue weighted by molar-refractivity contribution is 7.93. The SMILES string of the molecule is Nc1ccc(S(=O)(=O)Nc2cncnc2)c2ncccc12. The molecule has 0 bridgehead atoms. The van der Waals surface area contributed by atoms with Gasteiger partial charge in [0.05, 0.1) is 23.6 Å². The molecule has 3 rings (SSSR count). The minimum atomic E-state index is -3.80. The van der Waals surface area contributed by atoms with Crippen molar-refractivity contribution < 1.29 is 8.42 Å². The van der Waals surface area contributed by atoms with Crippen molar-refractivity contribution in [3.63, 3.8) is 0 Å². The number of hydrogen-bond donors (Lipinski definition) is 2. The molecule has 21 heavy (non-hydrogen) atoms. The molecule has 0 saturated heterocycles. The van der Waals surface area contributed by atoms with Crippen LogP contribution in [0.2, 0.25) is 0 Å². The summed E-state index contributed by atoms with van der Waals surface area (Å²) < 4.78 is 27.4. The number of nitrogens with zero attached hydrogens (tertiary/aromatic N) is 3. The number of benzene rings is 1. The monoisotopic (exact) mass is 301 g/mol. The molecule has 106 valence electrons. The van der Waals surface area contributed by atoms with Gasteiger partial charge >= 0.3 is 0 Å². The molecule has 0 aliphatic rings. The van der Waals surface area contributed by atoms with Crippen molar-refractivity contribution in [2.75, 3.05) is 10.5 Å². The summed E-state index contributed by atoms with van der Waals surface area (Å²) in [5.74, 6) is 0. The molecule has 0 aliphatic heterocycles. The van der Waals surface area contributed by atoms with E-state index in [0.29, 0.717) is 16.6 Å². The average Bonchev–Trinajstić information content (AvgIpc) is 2.48. The van der Waals surface area contributed by atoms with Gasteiger partial charge in [0, 0.05) is 17.3 Å². The maximum absolute atomic E-state index is 12.5. The van der Waals surface area contributed by atoms with Crippen LogP contribution >= 0.6 is 0 Å². The summed E-state index contributed by atoms with van der Waals surface area (Å²) >= 11 is 0. The van der Waals surface area contributed by atoms with Crippen LogP contribution in [0.25, 0.3) is 10.9 Å².